The first-order valence-corrected chi connectivity index (χ1v) is 6.84. The van der Waals surface area contributed by atoms with Gasteiger partial charge in [-0.1, -0.05) is 12.1 Å². The third-order valence-electron chi connectivity index (χ3n) is 3.61. The number of para-hydroxylation sites is 1. The zero-order valence-corrected chi connectivity index (χ0v) is 11.5. The number of nitrogens with one attached hydrogen (secondary N) is 1. The molecular weight excluding hydrogens is 283 g/mol. The summed E-state index contributed by atoms with van der Waals surface area (Å²) in [5.41, 5.74) is 4.53. The molecule has 1 aliphatic heterocycles. The first-order chi connectivity index (χ1) is 9.91. The van der Waals surface area contributed by atoms with Gasteiger partial charge in [-0.05, 0) is 37.4 Å². The van der Waals surface area contributed by atoms with Crippen molar-refractivity contribution < 1.29 is 18.0 Å². The van der Waals surface area contributed by atoms with Gasteiger partial charge in [-0.15, -0.1) is 0 Å². The molecule has 21 heavy (non-hydrogen) atoms. The smallest absolute Gasteiger partial charge is 0.330 e. The molecule has 2 rings (SSSR count). The fourth-order valence-corrected chi connectivity index (χ4v) is 2.48. The van der Waals surface area contributed by atoms with E-state index in [0.29, 0.717) is 19.6 Å². The lowest BCUT2D eigenvalue weighted by molar-refractivity contribution is -0.136. The molecule has 7 heteroatoms. The number of nitrogens with zero attached hydrogens (tertiary/aromatic N) is 1. The number of hydrogen-bond donors (Lipinski definition) is 2. The third kappa shape index (κ3) is 3.87. The van der Waals surface area contributed by atoms with Crippen LogP contribution in [-0.4, -0.2) is 30.6 Å². The number of carbonyl (C=O) groups excluding carboxylic acids is 1. The van der Waals surface area contributed by atoms with Crippen LogP contribution >= 0.6 is 0 Å². The lowest BCUT2D eigenvalue weighted by atomic mass is 9.99. The molecule has 1 heterocycles. The number of likely N-dealkylation sites (tertiary alicyclic amines) is 1. The SMILES string of the molecule is NCC1CCCN(C(=O)Nc2ccccc2C(F)(F)F)C1. The molecule has 4 nitrogen and oxygen atoms in total. The van der Waals surface area contributed by atoms with Crippen molar-refractivity contribution in [2.45, 2.75) is 19.0 Å². The molecule has 0 spiro atoms. The van der Waals surface area contributed by atoms with Gasteiger partial charge in [0.15, 0.2) is 0 Å². The summed E-state index contributed by atoms with van der Waals surface area (Å²) in [6.45, 7) is 1.50. The number of urea groups is 1. The van der Waals surface area contributed by atoms with Gasteiger partial charge in [0.2, 0.25) is 0 Å². The van der Waals surface area contributed by atoms with E-state index in [-0.39, 0.29) is 11.6 Å². The molecule has 1 saturated heterocycles. The van der Waals surface area contributed by atoms with E-state index in [1.807, 2.05) is 0 Å². The lowest BCUT2D eigenvalue weighted by Crippen LogP contribution is -2.44. The van der Waals surface area contributed by atoms with Gasteiger partial charge in [-0.25, -0.2) is 4.79 Å². The fraction of sp³-hybridized carbons (Fsp3) is 0.500. The largest absolute Gasteiger partial charge is 0.418 e. The van der Waals surface area contributed by atoms with E-state index in [4.69, 9.17) is 5.73 Å². The second kappa shape index (κ2) is 6.34. The van der Waals surface area contributed by atoms with Crippen LogP contribution in [-0.2, 0) is 6.18 Å². The topological polar surface area (TPSA) is 58.4 Å². The lowest BCUT2D eigenvalue weighted by Gasteiger charge is -2.32. The molecule has 116 valence electrons. The van der Waals surface area contributed by atoms with E-state index in [0.717, 1.165) is 18.9 Å². The maximum absolute atomic E-state index is 12.9. The van der Waals surface area contributed by atoms with Crippen molar-refractivity contribution >= 4 is 11.7 Å². The molecule has 1 unspecified atom stereocenters. The van der Waals surface area contributed by atoms with E-state index in [1.54, 1.807) is 0 Å². The first kappa shape index (κ1) is 15.6. The van der Waals surface area contributed by atoms with Crippen molar-refractivity contribution in [3.05, 3.63) is 29.8 Å². The van der Waals surface area contributed by atoms with Crippen LogP contribution in [0.3, 0.4) is 0 Å². The van der Waals surface area contributed by atoms with Gasteiger partial charge in [0.1, 0.15) is 0 Å². The maximum atomic E-state index is 12.9. The van der Waals surface area contributed by atoms with Crippen LogP contribution in [0.5, 0.6) is 0 Å². The number of amides is 2. The molecule has 1 fully saturated rings. The summed E-state index contributed by atoms with van der Waals surface area (Å²) in [5.74, 6) is 0.211. The Kier molecular flexibility index (Phi) is 4.72. The molecule has 0 bridgehead atoms. The van der Waals surface area contributed by atoms with Crippen molar-refractivity contribution in [3.8, 4) is 0 Å². The number of halogens is 3. The minimum absolute atomic E-state index is 0.211. The molecule has 2 amide bonds. The number of piperidine rings is 1. The molecule has 1 aromatic carbocycles. The van der Waals surface area contributed by atoms with E-state index in [2.05, 4.69) is 5.32 Å². The van der Waals surface area contributed by atoms with Crippen molar-refractivity contribution in [2.24, 2.45) is 11.7 Å². The summed E-state index contributed by atoms with van der Waals surface area (Å²) in [6, 6.07) is 4.46. The zero-order valence-electron chi connectivity index (χ0n) is 11.5. The average molecular weight is 301 g/mol. The summed E-state index contributed by atoms with van der Waals surface area (Å²) in [5, 5.41) is 2.36. The van der Waals surface area contributed by atoms with Gasteiger partial charge < -0.3 is 16.0 Å². The number of carbonyl (C=O) groups is 1. The second-order valence-corrected chi connectivity index (χ2v) is 5.16. The average Bonchev–Trinajstić information content (AvgIpc) is 2.46. The van der Waals surface area contributed by atoms with Gasteiger partial charge >= 0.3 is 12.2 Å². The molecule has 0 saturated carbocycles. The third-order valence-corrected chi connectivity index (χ3v) is 3.61. The summed E-state index contributed by atoms with van der Waals surface area (Å²) < 4.78 is 38.6. The fourth-order valence-electron chi connectivity index (χ4n) is 2.48. The number of anilines is 1. The van der Waals surface area contributed by atoms with Crippen molar-refractivity contribution in [1.29, 1.82) is 0 Å². The number of alkyl halides is 3. The van der Waals surface area contributed by atoms with Gasteiger partial charge in [0, 0.05) is 13.1 Å². The van der Waals surface area contributed by atoms with E-state index in [9.17, 15) is 18.0 Å². The van der Waals surface area contributed by atoms with Crippen LogP contribution in [0.2, 0.25) is 0 Å². The Morgan fingerprint density at radius 2 is 2.10 bits per heavy atom. The molecular formula is C14H18F3N3O. The predicted octanol–water partition coefficient (Wildman–Crippen LogP) is 2.91. The quantitative estimate of drug-likeness (QED) is 0.882. The highest BCUT2D eigenvalue weighted by atomic mass is 19.4. The zero-order chi connectivity index (χ0) is 15.5. The molecule has 0 aromatic heterocycles. The Morgan fingerprint density at radius 1 is 1.38 bits per heavy atom. The Morgan fingerprint density at radius 3 is 2.76 bits per heavy atom. The highest BCUT2D eigenvalue weighted by Gasteiger charge is 2.34. The van der Waals surface area contributed by atoms with Crippen LogP contribution in [0, 0.1) is 5.92 Å². The normalized spacial score (nSPS) is 19.4. The first-order valence-electron chi connectivity index (χ1n) is 6.84. The molecule has 1 aliphatic rings. The van der Waals surface area contributed by atoms with Crippen LogP contribution in [0.15, 0.2) is 24.3 Å². The molecule has 3 N–H and O–H groups in total. The van der Waals surface area contributed by atoms with Crippen LogP contribution in [0.1, 0.15) is 18.4 Å². The van der Waals surface area contributed by atoms with E-state index < -0.39 is 17.8 Å². The Bertz CT molecular complexity index is 504. The number of benzene rings is 1. The monoisotopic (exact) mass is 301 g/mol. The van der Waals surface area contributed by atoms with Crippen molar-refractivity contribution in [3.63, 3.8) is 0 Å². The number of nitrogens with two attached hydrogens (primary N) is 1. The highest BCUT2D eigenvalue weighted by Crippen LogP contribution is 2.34. The predicted molar refractivity (Wildman–Crippen MR) is 73.8 cm³/mol. The number of rotatable bonds is 2. The van der Waals surface area contributed by atoms with Gasteiger partial charge in [0.25, 0.3) is 0 Å². The van der Waals surface area contributed by atoms with Gasteiger partial charge in [0.05, 0.1) is 11.3 Å². The highest BCUT2D eigenvalue weighted by molar-refractivity contribution is 5.90. The molecule has 1 aromatic rings. The van der Waals surface area contributed by atoms with Crippen molar-refractivity contribution in [2.75, 3.05) is 25.0 Å². The Hall–Kier alpha value is -1.76. The van der Waals surface area contributed by atoms with E-state index >= 15 is 0 Å². The summed E-state index contributed by atoms with van der Waals surface area (Å²) >= 11 is 0. The molecule has 1 atom stereocenters. The minimum atomic E-state index is -4.49. The maximum Gasteiger partial charge on any atom is 0.418 e. The minimum Gasteiger partial charge on any atom is -0.330 e. The van der Waals surface area contributed by atoms with Crippen LogP contribution < -0.4 is 11.1 Å². The standard InChI is InChI=1S/C14H18F3N3O/c15-14(16,17)11-5-1-2-6-12(11)19-13(21)20-7-3-4-10(8-18)9-20/h1-2,5-6,10H,3-4,7-9,18H2,(H,19,21). The summed E-state index contributed by atoms with van der Waals surface area (Å²) in [7, 11) is 0. The van der Waals surface area contributed by atoms with E-state index in [1.165, 1.54) is 23.1 Å². The van der Waals surface area contributed by atoms with Crippen LogP contribution in [0.4, 0.5) is 23.7 Å². The molecule has 0 radical (unpaired) electrons. The van der Waals surface area contributed by atoms with Crippen molar-refractivity contribution in [1.82, 2.24) is 4.90 Å². The van der Waals surface area contributed by atoms with Gasteiger partial charge in [-0.3, -0.25) is 0 Å². The Balaban J connectivity index is 2.10. The summed E-state index contributed by atoms with van der Waals surface area (Å²) in [4.78, 5) is 13.6. The summed E-state index contributed by atoms with van der Waals surface area (Å²) in [6.07, 6.45) is -2.73. The Labute approximate surface area is 121 Å². The van der Waals surface area contributed by atoms with Crippen LogP contribution in [0.25, 0.3) is 0 Å². The second-order valence-electron chi connectivity index (χ2n) is 5.16. The van der Waals surface area contributed by atoms with Gasteiger partial charge in [-0.2, -0.15) is 13.2 Å². The molecule has 0 aliphatic carbocycles. The number of hydrogen-bond acceptors (Lipinski definition) is 2.